The second kappa shape index (κ2) is 6.86. The number of ketones is 1. The van der Waals surface area contributed by atoms with Crippen LogP contribution in [0, 0.1) is 0 Å². The fourth-order valence-corrected chi connectivity index (χ4v) is 2.30. The second-order valence-electron chi connectivity index (χ2n) is 4.09. The average molecular weight is 396 g/mol. The van der Waals surface area contributed by atoms with Crippen LogP contribution in [0.25, 0.3) is 6.08 Å². The molecule has 102 valence electrons. The second-order valence-corrected chi connectivity index (χ2v) is 5.92. The molecule has 4 heteroatoms. The zero-order chi connectivity index (χ0) is 14.5. The summed E-state index contributed by atoms with van der Waals surface area (Å²) in [7, 11) is 1.61. The van der Waals surface area contributed by atoms with Gasteiger partial charge in [0.1, 0.15) is 5.75 Å². The molecule has 0 atom stereocenters. The number of allylic oxidation sites excluding steroid dienone is 1. The molecule has 0 amide bonds. The van der Waals surface area contributed by atoms with Crippen LogP contribution in [0.2, 0.25) is 0 Å². The number of carbonyl (C=O) groups excluding carboxylic acids is 1. The van der Waals surface area contributed by atoms with Gasteiger partial charge in [0.2, 0.25) is 0 Å². The van der Waals surface area contributed by atoms with Crippen molar-refractivity contribution >= 4 is 43.7 Å². The van der Waals surface area contributed by atoms with Gasteiger partial charge in [0.05, 0.1) is 7.11 Å². The monoisotopic (exact) mass is 394 g/mol. The van der Waals surface area contributed by atoms with Gasteiger partial charge in [0, 0.05) is 20.1 Å². The Morgan fingerprint density at radius 1 is 1.05 bits per heavy atom. The highest BCUT2D eigenvalue weighted by molar-refractivity contribution is 9.10. The van der Waals surface area contributed by atoms with Crippen molar-refractivity contribution in [3.63, 3.8) is 0 Å². The molecular weight excluding hydrogens is 384 g/mol. The first-order valence-electron chi connectivity index (χ1n) is 5.91. The molecule has 0 aliphatic rings. The fraction of sp³-hybridized carbons (Fsp3) is 0.0625. The number of hydrogen-bond donors (Lipinski definition) is 0. The molecule has 0 aliphatic heterocycles. The van der Waals surface area contributed by atoms with Crippen molar-refractivity contribution < 1.29 is 9.53 Å². The third kappa shape index (κ3) is 3.81. The van der Waals surface area contributed by atoms with Crippen molar-refractivity contribution in [3.05, 3.63) is 68.6 Å². The van der Waals surface area contributed by atoms with E-state index in [0.29, 0.717) is 5.56 Å². The van der Waals surface area contributed by atoms with Crippen molar-refractivity contribution in [2.24, 2.45) is 0 Å². The summed E-state index contributed by atoms with van der Waals surface area (Å²) < 4.78 is 7.17. The summed E-state index contributed by atoms with van der Waals surface area (Å²) in [6.07, 6.45) is 3.31. The lowest BCUT2D eigenvalue weighted by atomic mass is 10.1. The Morgan fingerprint density at radius 2 is 1.70 bits per heavy atom. The number of ether oxygens (including phenoxy) is 1. The predicted molar refractivity (Wildman–Crippen MR) is 88.2 cm³/mol. The molecule has 0 saturated heterocycles. The Balaban J connectivity index is 2.21. The summed E-state index contributed by atoms with van der Waals surface area (Å²) in [4.78, 5) is 12.0. The molecule has 2 nitrogen and oxygen atoms in total. The van der Waals surface area contributed by atoms with E-state index in [1.807, 2.05) is 30.3 Å². The van der Waals surface area contributed by atoms with E-state index in [1.54, 1.807) is 31.4 Å². The standard InChI is InChI=1S/C16H12Br2O2/c1-20-16-10-14(18)8-4-12(16)5-9-15(19)11-2-6-13(17)7-3-11/h2-10H,1H3/b9-5+. The van der Waals surface area contributed by atoms with Crippen LogP contribution >= 0.6 is 31.9 Å². The lowest BCUT2D eigenvalue weighted by Gasteiger charge is -2.04. The number of methoxy groups -OCH3 is 1. The minimum absolute atomic E-state index is 0.0394. The first-order valence-corrected chi connectivity index (χ1v) is 7.50. The molecule has 2 rings (SSSR count). The molecule has 20 heavy (non-hydrogen) atoms. The third-order valence-corrected chi connectivity index (χ3v) is 3.76. The molecule has 2 aromatic rings. The molecule has 0 heterocycles. The summed E-state index contributed by atoms with van der Waals surface area (Å²) in [5, 5.41) is 0. The van der Waals surface area contributed by atoms with Gasteiger partial charge >= 0.3 is 0 Å². The van der Waals surface area contributed by atoms with E-state index in [2.05, 4.69) is 31.9 Å². The highest BCUT2D eigenvalue weighted by Gasteiger charge is 2.03. The van der Waals surface area contributed by atoms with Gasteiger partial charge in [-0.05, 0) is 48.6 Å². The van der Waals surface area contributed by atoms with Crippen LogP contribution in [-0.2, 0) is 0 Å². The van der Waals surface area contributed by atoms with Crippen LogP contribution in [0.4, 0.5) is 0 Å². The summed E-state index contributed by atoms with van der Waals surface area (Å²) in [5.74, 6) is 0.682. The van der Waals surface area contributed by atoms with Gasteiger partial charge in [-0.15, -0.1) is 0 Å². The molecule has 0 radical (unpaired) electrons. The molecule has 0 fully saturated rings. The number of hydrogen-bond acceptors (Lipinski definition) is 2. The van der Waals surface area contributed by atoms with Crippen LogP contribution in [0.5, 0.6) is 5.75 Å². The summed E-state index contributed by atoms with van der Waals surface area (Å²) >= 11 is 6.73. The van der Waals surface area contributed by atoms with E-state index in [1.165, 1.54) is 0 Å². The highest BCUT2D eigenvalue weighted by Crippen LogP contribution is 2.24. The van der Waals surface area contributed by atoms with Gasteiger partial charge in [-0.3, -0.25) is 4.79 Å². The van der Waals surface area contributed by atoms with Crippen molar-refractivity contribution in [3.8, 4) is 5.75 Å². The normalized spacial score (nSPS) is 10.8. The third-order valence-electron chi connectivity index (χ3n) is 2.74. The van der Waals surface area contributed by atoms with Gasteiger partial charge in [-0.1, -0.05) is 37.9 Å². The van der Waals surface area contributed by atoms with E-state index in [9.17, 15) is 4.79 Å². The highest BCUT2D eigenvalue weighted by atomic mass is 79.9. The van der Waals surface area contributed by atoms with E-state index in [4.69, 9.17) is 4.74 Å². The van der Waals surface area contributed by atoms with E-state index in [0.717, 1.165) is 20.3 Å². The number of carbonyl (C=O) groups is 1. The summed E-state index contributed by atoms with van der Waals surface area (Å²) in [6, 6.07) is 12.9. The minimum atomic E-state index is -0.0394. The Hall–Kier alpha value is -1.39. The smallest absolute Gasteiger partial charge is 0.185 e. The Morgan fingerprint density at radius 3 is 2.35 bits per heavy atom. The zero-order valence-electron chi connectivity index (χ0n) is 10.8. The molecule has 0 bridgehead atoms. The van der Waals surface area contributed by atoms with Crippen molar-refractivity contribution in [2.45, 2.75) is 0 Å². The summed E-state index contributed by atoms with van der Waals surface area (Å²) in [5.41, 5.74) is 1.52. The Kier molecular flexibility index (Phi) is 5.15. The first-order chi connectivity index (χ1) is 9.60. The quantitative estimate of drug-likeness (QED) is 0.530. The largest absolute Gasteiger partial charge is 0.496 e. The fourth-order valence-electron chi connectivity index (χ4n) is 1.70. The Labute approximate surface area is 134 Å². The molecule has 0 aliphatic carbocycles. The molecule has 0 spiro atoms. The van der Waals surface area contributed by atoms with Gasteiger partial charge < -0.3 is 4.74 Å². The molecule has 0 N–H and O–H groups in total. The number of benzene rings is 2. The number of rotatable bonds is 4. The zero-order valence-corrected chi connectivity index (χ0v) is 13.9. The Bertz CT molecular complexity index is 646. The molecule has 0 unspecified atom stereocenters. The maximum atomic E-state index is 12.0. The SMILES string of the molecule is COc1cc(Br)ccc1/C=C/C(=O)c1ccc(Br)cc1. The maximum absolute atomic E-state index is 12.0. The van der Waals surface area contributed by atoms with Crippen molar-refractivity contribution in [1.29, 1.82) is 0 Å². The van der Waals surface area contributed by atoms with Crippen molar-refractivity contribution in [2.75, 3.05) is 7.11 Å². The topological polar surface area (TPSA) is 26.3 Å². The van der Waals surface area contributed by atoms with Crippen LogP contribution in [-0.4, -0.2) is 12.9 Å². The molecule has 0 aromatic heterocycles. The molecule has 2 aromatic carbocycles. The summed E-state index contributed by atoms with van der Waals surface area (Å²) in [6.45, 7) is 0. The van der Waals surface area contributed by atoms with Crippen LogP contribution < -0.4 is 4.74 Å². The molecular formula is C16H12Br2O2. The van der Waals surface area contributed by atoms with E-state index >= 15 is 0 Å². The first kappa shape index (κ1) is 15.0. The van der Waals surface area contributed by atoms with Gasteiger partial charge in [0.25, 0.3) is 0 Å². The van der Waals surface area contributed by atoms with E-state index in [-0.39, 0.29) is 5.78 Å². The van der Waals surface area contributed by atoms with Gasteiger partial charge in [0.15, 0.2) is 5.78 Å². The minimum Gasteiger partial charge on any atom is -0.496 e. The van der Waals surface area contributed by atoms with Crippen LogP contribution in [0.3, 0.4) is 0 Å². The van der Waals surface area contributed by atoms with Crippen LogP contribution in [0.15, 0.2) is 57.5 Å². The lowest BCUT2D eigenvalue weighted by molar-refractivity contribution is 0.104. The predicted octanol–water partition coefficient (Wildman–Crippen LogP) is 5.12. The maximum Gasteiger partial charge on any atom is 0.185 e. The van der Waals surface area contributed by atoms with Gasteiger partial charge in [-0.2, -0.15) is 0 Å². The van der Waals surface area contributed by atoms with Crippen molar-refractivity contribution in [1.82, 2.24) is 0 Å². The van der Waals surface area contributed by atoms with E-state index < -0.39 is 0 Å². The lowest BCUT2D eigenvalue weighted by Crippen LogP contribution is -1.93. The molecule has 0 saturated carbocycles. The average Bonchev–Trinajstić information content (AvgIpc) is 2.46. The van der Waals surface area contributed by atoms with Gasteiger partial charge in [-0.25, -0.2) is 0 Å². The van der Waals surface area contributed by atoms with Crippen LogP contribution in [0.1, 0.15) is 15.9 Å². The number of halogens is 2.